The highest BCUT2D eigenvalue weighted by Gasteiger charge is 2.42. The number of piperidine rings is 1. The highest BCUT2D eigenvalue weighted by atomic mass is 32.2. The Bertz CT molecular complexity index is 1500. The van der Waals surface area contributed by atoms with Crippen LogP contribution in [0.5, 0.6) is 5.75 Å². The Kier molecular flexibility index (Phi) is 9.05. The molecule has 13 heteroatoms. The third kappa shape index (κ3) is 6.40. The first-order valence-electron chi connectivity index (χ1n) is 13.8. The van der Waals surface area contributed by atoms with Crippen molar-refractivity contribution in [2.24, 2.45) is 0 Å². The van der Waals surface area contributed by atoms with E-state index in [-0.39, 0.29) is 53.5 Å². The van der Waals surface area contributed by atoms with Gasteiger partial charge in [0.05, 0.1) is 36.4 Å². The monoisotopic (exact) mass is 602 g/mol. The van der Waals surface area contributed by atoms with E-state index in [1.165, 1.54) is 18.7 Å². The number of aliphatic hydroxyl groups is 1. The summed E-state index contributed by atoms with van der Waals surface area (Å²) < 4.78 is 47.7. The molecule has 3 aromatic rings. The number of fused-ring (bicyclic) bond motifs is 3. The molecule has 224 valence electrons. The van der Waals surface area contributed by atoms with E-state index in [1.54, 1.807) is 30.3 Å². The number of ether oxygens (including phenoxy) is 1. The molecule has 0 unspecified atom stereocenters. The molecule has 9 nitrogen and oxygen atoms in total. The van der Waals surface area contributed by atoms with Gasteiger partial charge in [-0.25, -0.2) is 4.52 Å². The maximum atomic E-state index is 13.6. The van der Waals surface area contributed by atoms with Crippen molar-refractivity contribution in [3.63, 3.8) is 0 Å². The fourth-order valence-corrected chi connectivity index (χ4v) is 6.62. The van der Waals surface area contributed by atoms with Crippen molar-refractivity contribution in [1.29, 1.82) is 0 Å². The van der Waals surface area contributed by atoms with E-state index in [0.717, 1.165) is 25.7 Å². The summed E-state index contributed by atoms with van der Waals surface area (Å²) in [4.78, 5) is 14.2. The molecular formula is C29H33F3N6O3S. The summed E-state index contributed by atoms with van der Waals surface area (Å²) in [5, 5.41) is 23.2. The van der Waals surface area contributed by atoms with Gasteiger partial charge in [-0.1, -0.05) is 12.0 Å². The van der Waals surface area contributed by atoms with Crippen LogP contribution in [0.1, 0.15) is 41.7 Å². The first-order chi connectivity index (χ1) is 20.2. The van der Waals surface area contributed by atoms with Gasteiger partial charge in [0.15, 0.2) is 0 Å². The van der Waals surface area contributed by atoms with E-state index in [0.29, 0.717) is 40.9 Å². The number of aliphatic hydroxyl groups excluding tert-OH is 1. The van der Waals surface area contributed by atoms with Crippen molar-refractivity contribution in [1.82, 2.24) is 19.8 Å². The average molecular weight is 603 g/mol. The number of halogens is 3. The highest BCUT2D eigenvalue weighted by molar-refractivity contribution is 8.00. The number of amides is 1. The van der Waals surface area contributed by atoms with Crippen LogP contribution in [0.15, 0.2) is 41.3 Å². The number of hydrogen-bond acceptors (Lipinski definition) is 8. The first kappa shape index (κ1) is 29.9. The van der Waals surface area contributed by atoms with Crippen LogP contribution < -0.4 is 20.7 Å². The maximum absolute atomic E-state index is 13.6. The van der Waals surface area contributed by atoms with E-state index in [9.17, 15) is 23.1 Å². The average Bonchev–Trinajstić information content (AvgIpc) is 3.45. The summed E-state index contributed by atoms with van der Waals surface area (Å²) in [5.41, 5.74) is -3.16. The molecule has 3 atom stereocenters. The molecular weight excluding hydrogens is 569 g/mol. The second kappa shape index (κ2) is 12.7. The summed E-state index contributed by atoms with van der Waals surface area (Å²) in [6, 6.07) is 10.9. The van der Waals surface area contributed by atoms with Gasteiger partial charge in [-0.2, -0.15) is 18.3 Å². The third-order valence-electron chi connectivity index (χ3n) is 7.75. The lowest BCUT2D eigenvalue weighted by Crippen LogP contribution is -2.51. The van der Waals surface area contributed by atoms with Crippen LogP contribution in [0.4, 0.5) is 24.7 Å². The van der Waals surface area contributed by atoms with Gasteiger partial charge in [-0.3, -0.25) is 9.69 Å². The van der Waals surface area contributed by atoms with Crippen molar-refractivity contribution in [2.45, 2.75) is 54.2 Å². The summed E-state index contributed by atoms with van der Waals surface area (Å²) >= 11 is -0.224. The van der Waals surface area contributed by atoms with Crippen molar-refractivity contribution in [3.8, 4) is 17.6 Å². The largest absolute Gasteiger partial charge is 0.495 e. The third-order valence-corrected chi connectivity index (χ3v) is 8.59. The Labute approximate surface area is 246 Å². The lowest BCUT2D eigenvalue weighted by atomic mass is 9.97. The molecule has 0 saturated carbocycles. The number of hydrogen-bond donors (Lipinski definition) is 4. The number of carbonyl (C=O) groups excluding carboxylic acids is 1. The van der Waals surface area contributed by atoms with E-state index in [1.807, 2.05) is 6.07 Å². The smallest absolute Gasteiger partial charge is 0.446 e. The van der Waals surface area contributed by atoms with Crippen LogP contribution in [-0.2, 0) is 0 Å². The van der Waals surface area contributed by atoms with Crippen LogP contribution in [0.2, 0.25) is 0 Å². The van der Waals surface area contributed by atoms with Gasteiger partial charge < -0.3 is 25.8 Å². The summed E-state index contributed by atoms with van der Waals surface area (Å²) in [7, 11) is 3.01. The Balaban J connectivity index is 1.39. The summed E-state index contributed by atoms with van der Waals surface area (Å²) in [6.45, 7) is 0.817. The van der Waals surface area contributed by atoms with Gasteiger partial charge in [0.1, 0.15) is 17.3 Å². The topological polar surface area (TPSA) is 103 Å². The molecule has 0 radical (unpaired) electrons. The Hall–Kier alpha value is -3.60. The normalized spacial score (nSPS) is 20.2. The SMILES string of the molecule is CNC(=O)c1ccc(NCC#Cc2nn3c(N[C@@H]4CC[C@@H]5CC[C@H]4N5CCO)cccc3c2SC(F)(F)F)c(OC)c1. The predicted molar refractivity (Wildman–Crippen MR) is 156 cm³/mol. The van der Waals surface area contributed by atoms with Gasteiger partial charge in [-0.05, 0) is 73.7 Å². The highest BCUT2D eigenvalue weighted by Crippen LogP contribution is 2.42. The van der Waals surface area contributed by atoms with Crippen molar-refractivity contribution in [2.75, 3.05) is 44.5 Å². The lowest BCUT2D eigenvalue weighted by Gasteiger charge is -2.40. The standard InChI is InChI=1S/C29H33F3N6O3S/c1-33-28(40)18-8-11-21(25(17-18)41-2)34-14-4-5-22-27(42-29(30,31)32)24-6-3-7-26(38(24)36-22)35-20-12-9-19-10-13-23(20)37(19)15-16-39/h3,6-8,11,17,19-20,23,34-35,39H,9-10,12-16H2,1-2H3,(H,33,40)/t19-,20-,23-/m1/s1. The van der Waals surface area contributed by atoms with Crippen LogP contribution in [-0.4, -0.2) is 83.0 Å². The number of benzene rings is 1. The molecule has 5 rings (SSSR count). The number of thioether (sulfide) groups is 1. The molecule has 2 aliphatic rings. The molecule has 0 spiro atoms. The summed E-state index contributed by atoms with van der Waals surface area (Å²) in [6.07, 6.45) is 4.03. The number of anilines is 2. The number of nitrogens with one attached hydrogen (secondary N) is 3. The Morgan fingerprint density at radius 2 is 2.02 bits per heavy atom. The van der Waals surface area contributed by atoms with Gasteiger partial charge in [0, 0.05) is 37.3 Å². The fraction of sp³-hybridized carbons (Fsp3) is 0.448. The van der Waals surface area contributed by atoms with Crippen LogP contribution >= 0.6 is 11.8 Å². The summed E-state index contributed by atoms with van der Waals surface area (Å²) in [5.74, 6) is 6.47. The van der Waals surface area contributed by atoms with Crippen LogP contribution in [0.25, 0.3) is 5.52 Å². The number of rotatable bonds is 9. The zero-order valence-electron chi connectivity index (χ0n) is 23.3. The number of aromatic nitrogens is 2. The number of methoxy groups -OCH3 is 1. The molecule has 1 aromatic carbocycles. The minimum atomic E-state index is -4.52. The molecule has 4 N–H and O–H groups in total. The zero-order valence-corrected chi connectivity index (χ0v) is 24.1. The quantitative estimate of drug-likeness (QED) is 0.214. The molecule has 42 heavy (non-hydrogen) atoms. The molecule has 2 aromatic heterocycles. The van der Waals surface area contributed by atoms with Crippen LogP contribution in [0, 0.1) is 11.8 Å². The zero-order chi connectivity index (χ0) is 29.9. The fourth-order valence-electron chi connectivity index (χ4n) is 5.94. The molecule has 0 aliphatic carbocycles. The second-order valence-corrected chi connectivity index (χ2v) is 11.2. The second-order valence-electron chi connectivity index (χ2n) is 10.2. The Morgan fingerprint density at radius 1 is 1.21 bits per heavy atom. The van der Waals surface area contributed by atoms with Gasteiger partial charge >= 0.3 is 5.51 Å². The first-order valence-corrected chi connectivity index (χ1v) is 14.6. The molecule has 2 bridgehead atoms. The minimum absolute atomic E-state index is 0.0294. The van der Waals surface area contributed by atoms with E-state index in [4.69, 9.17) is 4.74 Å². The number of pyridine rings is 1. The molecule has 2 saturated heterocycles. The molecule has 1 amide bonds. The minimum Gasteiger partial charge on any atom is -0.495 e. The number of carbonyl (C=O) groups is 1. The Morgan fingerprint density at radius 3 is 2.76 bits per heavy atom. The molecule has 2 fully saturated rings. The van der Waals surface area contributed by atoms with E-state index in [2.05, 4.69) is 37.8 Å². The number of nitrogens with zero attached hydrogens (tertiary/aromatic N) is 3. The lowest BCUT2D eigenvalue weighted by molar-refractivity contribution is -0.0327. The molecule has 4 heterocycles. The van der Waals surface area contributed by atoms with Crippen molar-refractivity contribution >= 4 is 34.7 Å². The van der Waals surface area contributed by atoms with E-state index < -0.39 is 5.51 Å². The van der Waals surface area contributed by atoms with Crippen molar-refractivity contribution < 1.29 is 27.8 Å². The maximum Gasteiger partial charge on any atom is 0.446 e. The van der Waals surface area contributed by atoms with Gasteiger partial charge in [0.2, 0.25) is 0 Å². The van der Waals surface area contributed by atoms with Crippen molar-refractivity contribution in [3.05, 3.63) is 47.7 Å². The number of alkyl halides is 3. The van der Waals surface area contributed by atoms with E-state index >= 15 is 0 Å². The van der Waals surface area contributed by atoms with Gasteiger partial charge in [0.25, 0.3) is 5.91 Å². The van der Waals surface area contributed by atoms with Gasteiger partial charge in [-0.15, -0.1) is 0 Å². The molecule has 2 aliphatic heterocycles. The van der Waals surface area contributed by atoms with Crippen LogP contribution in [0.3, 0.4) is 0 Å². The predicted octanol–water partition coefficient (Wildman–Crippen LogP) is 4.18.